The molecule has 0 aliphatic heterocycles. The second-order valence-electron chi connectivity index (χ2n) is 8.21. The highest BCUT2D eigenvalue weighted by Crippen LogP contribution is 2.39. The first kappa shape index (κ1) is 22.1. The Labute approximate surface area is 169 Å². The molecular formula is C21H28N2O3SSi. The number of hydrogen-bond acceptors (Lipinski definition) is 5. The summed E-state index contributed by atoms with van der Waals surface area (Å²) in [6, 6.07) is 15.2. The van der Waals surface area contributed by atoms with Gasteiger partial charge in [-0.2, -0.15) is 0 Å². The molecule has 1 atom stereocenters. The van der Waals surface area contributed by atoms with Crippen LogP contribution in [-0.4, -0.2) is 28.0 Å². The van der Waals surface area contributed by atoms with Crippen molar-refractivity contribution in [2.24, 2.45) is 0 Å². The third-order valence-electron chi connectivity index (χ3n) is 4.89. The summed E-state index contributed by atoms with van der Waals surface area (Å²) in [7, 11) is -5.34. The van der Waals surface area contributed by atoms with Crippen LogP contribution in [0.5, 0.6) is 0 Å². The van der Waals surface area contributed by atoms with Crippen LogP contribution >= 0.6 is 0 Å². The van der Waals surface area contributed by atoms with Gasteiger partial charge in [0.05, 0.1) is 4.90 Å². The lowest BCUT2D eigenvalue weighted by Gasteiger charge is -2.38. The quantitative estimate of drug-likeness (QED) is 0.437. The van der Waals surface area contributed by atoms with Crippen LogP contribution < -0.4 is 5.32 Å². The van der Waals surface area contributed by atoms with Crippen molar-refractivity contribution in [2.75, 3.05) is 11.6 Å². The highest BCUT2D eigenvalue weighted by molar-refractivity contribution is 7.90. The summed E-state index contributed by atoms with van der Waals surface area (Å²) >= 11 is 0. The van der Waals surface area contributed by atoms with Gasteiger partial charge in [0.1, 0.15) is 11.9 Å². The molecule has 2 aromatic rings. The first-order valence-corrected chi connectivity index (χ1v) is 13.9. The molecule has 0 saturated heterocycles. The van der Waals surface area contributed by atoms with Gasteiger partial charge in [-0.15, -0.1) is 0 Å². The second-order valence-corrected chi connectivity index (χ2v) is 15.0. The largest absolute Gasteiger partial charge is 0.399 e. The Bertz CT molecular complexity index is 955. The predicted molar refractivity (Wildman–Crippen MR) is 116 cm³/mol. The number of nitrogens with one attached hydrogen (secondary N) is 1. The number of sulfone groups is 1. The van der Waals surface area contributed by atoms with E-state index in [2.05, 4.69) is 56.1 Å². The minimum Gasteiger partial charge on any atom is -0.399 e. The SMILES string of the molecule is CC(C)(C)[Si](C)(C)OC(C#CNc1ccccn1)c1ccc(S(C)(=O)=O)cc1. The van der Waals surface area contributed by atoms with E-state index in [0.717, 1.165) is 5.56 Å². The number of nitrogens with zero attached hydrogens (tertiary/aromatic N) is 1. The molecule has 150 valence electrons. The van der Waals surface area contributed by atoms with E-state index >= 15 is 0 Å². The molecule has 2 rings (SSSR count). The Balaban J connectivity index is 2.33. The van der Waals surface area contributed by atoms with E-state index < -0.39 is 24.3 Å². The summed E-state index contributed by atoms with van der Waals surface area (Å²) in [5, 5.41) is 2.99. The summed E-state index contributed by atoms with van der Waals surface area (Å²) in [5.74, 6) is 3.79. The zero-order valence-electron chi connectivity index (χ0n) is 17.3. The molecule has 1 aromatic heterocycles. The average Bonchev–Trinajstić information content (AvgIpc) is 2.60. The van der Waals surface area contributed by atoms with Crippen molar-refractivity contribution in [3.8, 4) is 12.0 Å². The fourth-order valence-corrected chi connectivity index (χ4v) is 3.91. The summed E-state index contributed by atoms with van der Waals surface area (Å²) in [4.78, 5) is 4.47. The van der Waals surface area contributed by atoms with Crippen LogP contribution in [0.2, 0.25) is 18.1 Å². The highest BCUT2D eigenvalue weighted by atomic mass is 32.2. The third-order valence-corrected chi connectivity index (χ3v) is 10.5. The molecule has 5 nitrogen and oxygen atoms in total. The molecule has 1 unspecified atom stereocenters. The third kappa shape index (κ3) is 5.93. The molecule has 0 bridgehead atoms. The molecule has 28 heavy (non-hydrogen) atoms. The monoisotopic (exact) mass is 416 g/mol. The normalized spacial score (nSPS) is 13.4. The maximum Gasteiger partial charge on any atom is 0.194 e. The maximum atomic E-state index is 11.7. The zero-order valence-corrected chi connectivity index (χ0v) is 19.1. The van der Waals surface area contributed by atoms with Gasteiger partial charge >= 0.3 is 0 Å². The Hall–Kier alpha value is -2.14. The van der Waals surface area contributed by atoms with Crippen LogP contribution in [0, 0.1) is 12.0 Å². The number of rotatable bonds is 5. The average molecular weight is 417 g/mol. The molecule has 0 aliphatic carbocycles. The molecule has 0 fully saturated rings. The van der Waals surface area contributed by atoms with Crippen LogP contribution in [0.25, 0.3) is 0 Å². The Kier molecular flexibility index (Phi) is 6.70. The zero-order chi connectivity index (χ0) is 21.0. The van der Waals surface area contributed by atoms with Gasteiger partial charge in [0.15, 0.2) is 18.2 Å². The van der Waals surface area contributed by atoms with Gasteiger partial charge in [-0.05, 0) is 53.9 Å². The van der Waals surface area contributed by atoms with Gasteiger partial charge < -0.3 is 4.43 Å². The van der Waals surface area contributed by atoms with Crippen LogP contribution in [0.4, 0.5) is 5.82 Å². The maximum absolute atomic E-state index is 11.7. The number of pyridine rings is 1. The van der Waals surface area contributed by atoms with Crippen LogP contribution in [0.3, 0.4) is 0 Å². The van der Waals surface area contributed by atoms with E-state index in [1.54, 1.807) is 30.5 Å². The van der Waals surface area contributed by atoms with E-state index in [4.69, 9.17) is 4.43 Å². The van der Waals surface area contributed by atoms with Crippen molar-refractivity contribution < 1.29 is 12.8 Å². The Morgan fingerprint density at radius 1 is 1.11 bits per heavy atom. The lowest BCUT2D eigenvalue weighted by Crippen LogP contribution is -2.41. The van der Waals surface area contributed by atoms with Gasteiger partial charge in [-0.3, -0.25) is 5.32 Å². The van der Waals surface area contributed by atoms with Crippen molar-refractivity contribution in [1.82, 2.24) is 4.98 Å². The molecule has 0 amide bonds. The number of hydrogen-bond donors (Lipinski definition) is 1. The molecule has 0 radical (unpaired) electrons. The molecular weight excluding hydrogens is 388 g/mol. The highest BCUT2D eigenvalue weighted by Gasteiger charge is 2.39. The summed E-state index contributed by atoms with van der Waals surface area (Å²) in [5.41, 5.74) is 0.826. The van der Waals surface area contributed by atoms with Crippen molar-refractivity contribution in [2.45, 2.75) is 49.9 Å². The van der Waals surface area contributed by atoms with E-state index in [1.807, 2.05) is 18.2 Å². The Morgan fingerprint density at radius 3 is 2.25 bits per heavy atom. The van der Waals surface area contributed by atoms with Crippen molar-refractivity contribution in [3.05, 3.63) is 54.2 Å². The molecule has 0 saturated carbocycles. The molecule has 0 spiro atoms. The summed E-state index contributed by atoms with van der Waals surface area (Å²) in [6.07, 6.45) is 2.42. The first-order valence-electron chi connectivity index (χ1n) is 9.05. The molecule has 7 heteroatoms. The predicted octanol–water partition coefficient (Wildman–Crippen LogP) is 4.62. The van der Waals surface area contributed by atoms with Crippen molar-refractivity contribution in [3.63, 3.8) is 0 Å². The van der Waals surface area contributed by atoms with Gasteiger partial charge in [-0.1, -0.05) is 39.0 Å². The first-order chi connectivity index (χ1) is 12.9. The number of anilines is 1. The van der Waals surface area contributed by atoms with Gasteiger partial charge in [0, 0.05) is 18.5 Å². The van der Waals surface area contributed by atoms with Crippen LogP contribution in [0.1, 0.15) is 32.4 Å². The van der Waals surface area contributed by atoms with Crippen LogP contribution in [0.15, 0.2) is 53.6 Å². The molecule has 0 aliphatic rings. The fourth-order valence-electron chi connectivity index (χ4n) is 2.14. The van der Waals surface area contributed by atoms with Gasteiger partial charge in [0.25, 0.3) is 0 Å². The van der Waals surface area contributed by atoms with Crippen molar-refractivity contribution >= 4 is 24.0 Å². The van der Waals surface area contributed by atoms with E-state index in [-0.39, 0.29) is 9.93 Å². The standard InChI is InChI=1S/C21H28N2O3SSi/c1-21(2,3)28(5,6)26-19(14-16-23-20-9-7-8-15-22-20)17-10-12-18(13-11-17)27(4,24)25/h7-13,15,19H,1-6H3,(H,22,23). The number of benzene rings is 1. The van der Waals surface area contributed by atoms with Gasteiger partial charge in [0.2, 0.25) is 0 Å². The minimum atomic E-state index is -3.25. The van der Waals surface area contributed by atoms with E-state index in [0.29, 0.717) is 5.82 Å². The molecule has 1 heterocycles. The minimum absolute atomic E-state index is 0.0219. The summed E-state index contributed by atoms with van der Waals surface area (Å²) in [6.45, 7) is 10.8. The second kappa shape index (κ2) is 8.48. The molecule has 1 N–H and O–H groups in total. The topological polar surface area (TPSA) is 68.3 Å². The van der Waals surface area contributed by atoms with Crippen molar-refractivity contribution in [1.29, 1.82) is 0 Å². The van der Waals surface area contributed by atoms with E-state index in [9.17, 15) is 8.42 Å². The van der Waals surface area contributed by atoms with Gasteiger partial charge in [-0.25, -0.2) is 13.4 Å². The smallest absolute Gasteiger partial charge is 0.194 e. The summed E-state index contributed by atoms with van der Waals surface area (Å²) < 4.78 is 30.0. The number of aromatic nitrogens is 1. The Morgan fingerprint density at radius 2 is 1.75 bits per heavy atom. The molecule has 1 aromatic carbocycles. The van der Waals surface area contributed by atoms with E-state index in [1.165, 1.54) is 6.26 Å². The van der Waals surface area contributed by atoms with Crippen LogP contribution in [-0.2, 0) is 14.3 Å². The lowest BCUT2D eigenvalue weighted by molar-refractivity contribution is 0.238. The lowest BCUT2D eigenvalue weighted by atomic mass is 10.1. The fraction of sp³-hybridized carbons (Fsp3) is 0.381.